The van der Waals surface area contributed by atoms with E-state index in [1.54, 1.807) is 0 Å². The van der Waals surface area contributed by atoms with E-state index in [1.807, 2.05) is 4.90 Å². The van der Waals surface area contributed by atoms with Gasteiger partial charge in [-0.2, -0.15) is 0 Å². The maximum atomic E-state index is 12.6. The Morgan fingerprint density at radius 2 is 2.04 bits per heavy atom. The summed E-state index contributed by atoms with van der Waals surface area (Å²) in [7, 11) is 0. The molecule has 0 bridgehead atoms. The molecule has 2 aliphatic heterocycles. The van der Waals surface area contributed by atoms with Gasteiger partial charge in [0.05, 0.1) is 19.3 Å². The number of rotatable bonds is 4. The molecule has 2 saturated heterocycles. The number of nitrogens with zero attached hydrogens (tertiary/aromatic N) is 2. The van der Waals surface area contributed by atoms with Crippen molar-refractivity contribution in [2.75, 3.05) is 45.9 Å². The second-order valence-corrected chi connectivity index (χ2v) is 6.39. The number of amides is 2. The van der Waals surface area contributed by atoms with E-state index < -0.39 is 0 Å². The number of ether oxygens (including phenoxy) is 1. The van der Waals surface area contributed by atoms with Crippen LogP contribution in [-0.4, -0.2) is 61.8 Å². The Kier molecular flexibility index (Phi) is 5.51. The number of carbonyl (C=O) groups excluding carboxylic acids is 1. The van der Waals surface area contributed by atoms with Crippen molar-refractivity contribution in [3.05, 3.63) is 35.4 Å². The molecule has 1 N–H and O–H groups in total. The minimum Gasteiger partial charge on any atom is -0.379 e. The number of urea groups is 1. The van der Waals surface area contributed by atoms with Crippen LogP contribution >= 0.6 is 0 Å². The van der Waals surface area contributed by atoms with Gasteiger partial charge in [0.2, 0.25) is 0 Å². The third-order valence-corrected chi connectivity index (χ3v) is 4.87. The zero-order chi connectivity index (χ0) is 16.1. The van der Waals surface area contributed by atoms with Crippen molar-refractivity contribution in [1.29, 1.82) is 0 Å². The largest absolute Gasteiger partial charge is 0.379 e. The molecule has 1 aromatic rings. The van der Waals surface area contributed by atoms with E-state index in [1.165, 1.54) is 11.1 Å². The van der Waals surface area contributed by atoms with Gasteiger partial charge in [-0.05, 0) is 30.9 Å². The normalized spacial score (nSPS) is 22.3. The molecule has 23 heavy (non-hydrogen) atoms. The van der Waals surface area contributed by atoms with E-state index in [-0.39, 0.29) is 12.1 Å². The first-order valence-electron chi connectivity index (χ1n) is 8.66. The third kappa shape index (κ3) is 4.03. The minimum absolute atomic E-state index is 0.0732. The Bertz CT molecular complexity index is 529. The molecular formula is C18H27N3O2. The van der Waals surface area contributed by atoms with Gasteiger partial charge >= 0.3 is 6.03 Å². The number of benzene rings is 1. The molecule has 1 aromatic carbocycles. The molecule has 0 saturated carbocycles. The Morgan fingerprint density at radius 1 is 1.26 bits per heavy atom. The average Bonchev–Trinajstić information content (AvgIpc) is 3.06. The first-order valence-corrected chi connectivity index (χ1v) is 8.66. The molecule has 5 heteroatoms. The fraction of sp³-hybridized carbons (Fsp3) is 0.611. The molecule has 1 atom stereocenters. The van der Waals surface area contributed by atoms with Crippen molar-refractivity contribution in [3.63, 3.8) is 0 Å². The number of nitrogens with one attached hydrogen (secondary N) is 1. The van der Waals surface area contributed by atoms with Crippen LogP contribution in [0.5, 0.6) is 0 Å². The highest BCUT2D eigenvalue weighted by atomic mass is 16.5. The molecule has 0 radical (unpaired) electrons. The highest BCUT2D eigenvalue weighted by Crippen LogP contribution is 2.33. The lowest BCUT2D eigenvalue weighted by atomic mass is 9.99. The fourth-order valence-corrected chi connectivity index (χ4v) is 3.54. The molecule has 2 heterocycles. The molecule has 2 fully saturated rings. The third-order valence-electron chi connectivity index (χ3n) is 4.87. The number of carbonyl (C=O) groups is 1. The van der Waals surface area contributed by atoms with Gasteiger partial charge in [-0.1, -0.05) is 24.3 Å². The molecule has 3 rings (SSSR count). The Labute approximate surface area is 138 Å². The smallest absolute Gasteiger partial charge is 0.317 e. The summed E-state index contributed by atoms with van der Waals surface area (Å²) in [5.41, 5.74) is 2.55. The number of likely N-dealkylation sites (tertiary alicyclic amines) is 1. The maximum absolute atomic E-state index is 12.6. The lowest BCUT2D eigenvalue weighted by Crippen LogP contribution is -2.45. The van der Waals surface area contributed by atoms with Crippen molar-refractivity contribution in [1.82, 2.24) is 15.1 Å². The topological polar surface area (TPSA) is 44.8 Å². The molecule has 0 aromatic heterocycles. The van der Waals surface area contributed by atoms with Gasteiger partial charge in [0.25, 0.3) is 0 Å². The van der Waals surface area contributed by atoms with E-state index in [9.17, 15) is 4.79 Å². The number of morpholine rings is 1. The zero-order valence-corrected chi connectivity index (χ0v) is 14.0. The van der Waals surface area contributed by atoms with Crippen molar-refractivity contribution < 1.29 is 9.53 Å². The standard InChI is InChI=1S/C18H27N3O2/c1-15-5-2-3-6-16(15)17-7-4-9-21(17)18(22)19-8-10-20-11-13-23-14-12-20/h2-3,5-6,17H,4,7-14H2,1H3,(H,19,22)/t17-/m0/s1. The predicted octanol–water partition coefficient (Wildman–Crippen LogP) is 2.17. The summed E-state index contributed by atoms with van der Waals surface area (Å²) < 4.78 is 5.35. The first-order chi connectivity index (χ1) is 11.3. The van der Waals surface area contributed by atoms with Crippen molar-refractivity contribution in [3.8, 4) is 0 Å². The van der Waals surface area contributed by atoms with Crippen molar-refractivity contribution in [2.24, 2.45) is 0 Å². The summed E-state index contributed by atoms with van der Waals surface area (Å²) in [4.78, 5) is 16.9. The molecule has 0 spiro atoms. The van der Waals surface area contributed by atoms with Crippen LogP contribution in [0.2, 0.25) is 0 Å². The van der Waals surface area contributed by atoms with Crippen LogP contribution in [-0.2, 0) is 4.74 Å². The maximum Gasteiger partial charge on any atom is 0.317 e. The monoisotopic (exact) mass is 317 g/mol. The summed E-state index contributed by atoms with van der Waals surface area (Å²) in [5.74, 6) is 0. The first kappa shape index (κ1) is 16.3. The second-order valence-electron chi connectivity index (χ2n) is 6.39. The van der Waals surface area contributed by atoms with E-state index in [0.29, 0.717) is 6.54 Å². The van der Waals surface area contributed by atoms with Crippen molar-refractivity contribution >= 4 is 6.03 Å². The van der Waals surface area contributed by atoms with E-state index in [4.69, 9.17) is 4.74 Å². The quantitative estimate of drug-likeness (QED) is 0.926. The van der Waals surface area contributed by atoms with Gasteiger partial charge in [0.1, 0.15) is 0 Å². The number of hydrogen-bond acceptors (Lipinski definition) is 3. The minimum atomic E-state index is 0.0732. The SMILES string of the molecule is Cc1ccccc1[C@@H]1CCCN1C(=O)NCCN1CCOCC1. The summed E-state index contributed by atoms with van der Waals surface area (Å²) >= 11 is 0. The summed E-state index contributed by atoms with van der Waals surface area (Å²) in [5, 5.41) is 3.10. The lowest BCUT2D eigenvalue weighted by molar-refractivity contribution is 0.0385. The van der Waals surface area contributed by atoms with Gasteiger partial charge in [0, 0.05) is 32.7 Å². The molecule has 2 aliphatic rings. The Hall–Kier alpha value is -1.59. The van der Waals surface area contributed by atoms with Gasteiger partial charge in [-0.3, -0.25) is 4.90 Å². The predicted molar refractivity (Wildman–Crippen MR) is 90.5 cm³/mol. The second kappa shape index (κ2) is 7.79. The molecular weight excluding hydrogens is 290 g/mol. The Morgan fingerprint density at radius 3 is 2.83 bits per heavy atom. The average molecular weight is 317 g/mol. The lowest BCUT2D eigenvalue weighted by Gasteiger charge is -2.29. The van der Waals surface area contributed by atoms with Gasteiger partial charge < -0.3 is 15.0 Å². The van der Waals surface area contributed by atoms with Crippen LogP contribution in [0.4, 0.5) is 4.79 Å². The summed E-state index contributed by atoms with van der Waals surface area (Å²) in [6.07, 6.45) is 2.14. The molecule has 2 amide bonds. The van der Waals surface area contributed by atoms with Gasteiger partial charge in [-0.25, -0.2) is 4.79 Å². The van der Waals surface area contributed by atoms with Gasteiger partial charge in [0.15, 0.2) is 0 Å². The van der Waals surface area contributed by atoms with Crippen LogP contribution in [0.1, 0.15) is 30.0 Å². The molecule has 0 unspecified atom stereocenters. The van der Waals surface area contributed by atoms with Crippen LogP contribution in [0.25, 0.3) is 0 Å². The summed E-state index contributed by atoms with van der Waals surface area (Å²) in [6.45, 7) is 8.11. The van der Waals surface area contributed by atoms with E-state index in [0.717, 1.165) is 52.2 Å². The number of aryl methyl sites for hydroxylation is 1. The highest BCUT2D eigenvalue weighted by molar-refractivity contribution is 5.75. The van der Waals surface area contributed by atoms with E-state index in [2.05, 4.69) is 41.4 Å². The summed E-state index contributed by atoms with van der Waals surface area (Å²) in [6, 6.07) is 8.69. The number of hydrogen-bond donors (Lipinski definition) is 1. The molecule has 126 valence electrons. The van der Waals surface area contributed by atoms with Crippen LogP contribution in [0.15, 0.2) is 24.3 Å². The highest BCUT2D eigenvalue weighted by Gasteiger charge is 2.30. The van der Waals surface area contributed by atoms with E-state index >= 15 is 0 Å². The van der Waals surface area contributed by atoms with Crippen LogP contribution in [0.3, 0.4) is 0 Å². The Balaban J connectivity index is 1.53. The van der Waals surface area contributed by atoms with Crippen LogP contribution < -0.4 is 5.32 Å². The molecule has 0 aliphatic carbocycles. The molecule has 5 nitrogen and oxygen atoms in total. The zero-order valence-electron chi connectivity index (χ0n) is 14.0. The van der Waals surface area contributed by atoms with Gasteiger partial charge in [-0.15, -0.1) is 0 Å². The van der Waals surface area contributed by atoms with Crippen LogP contribution in [0, 0.1) is 6.92 Å². The fourth-order valence-electron chi connectivity index (χ4n) is 3.54. The van der Waals surface area contributed by atoms with Crippen molar-refractivity contribution in [2.45, 2.75) is 25.8 Å².